The van der Waals surface area contributed by atoms with Crippen LogP contribution < -0.4 is 0 Å². The smallest absolute Gasteiger partial charge is 0.258 e. The van der Waals surface area contributed by atoms with E-state index in [2.05, 4.69) is 0 Å². The number of hydrogen-bond acceptors (Lipinski definition) is 5. The molecule has 0 aliphatic heterocycles. The fourth-order valence-electron chi connectivity index (χ4n) is 0.590. The van der Waals surface area contributed by atoms with Gasteiger partial charge in [-0.2, -0.15) is 13.2 Å². The lowest BCUT2D eigenvalue weighted by atomic mass is 10.3. The van der Waals surface area contributed by atoms with Gasteiger partial charge in [-0.25, -0.2) is 0 Å². The van der Waals surface area contributed by atoms with Crippen molar-refractivity contribution in [1.29, 1.82) is 4.78 Å². The monoisotopic (exact) mass is 236 g/mol. The van der Waals surface area contributed by atoms with Gasteiger partial charge in [-0.1, -0.05) is 17.7 Å². The van der Waals surface area contributed by atoms with Crippen LogP contribution in [0.3, 0.4) is 0 Å². The average Bonchev–Trinajstić information content (AvgIpc) is 2.03. The topological polar surface area (TPSA) is 101 Å². The molecule has 0 amide bonds. The van der Waals surface area contributed by atoms with E-state index in [4.69, 9.17) is 24.8 Å². The van der Waals surface area contributed by atoms with E-state index >= 15 is 0 Å². The van der Waals surface area contributed by atoms with Gasteiger partial charge in [-0.3, -0.25) is 10.1 Å². The molecule has 0 spiro atoms. The highest BCUT2D eigenvalue weighted by atomic mass is 35.5. The van der Waals surface area contributed by atoms with Crippen molar-refractivity contribution < 1.29 is 13.3 Å². The van der Waals surface area contributed by atoms with Crippen LogP contribution in [-0.4, -0.2) is 13.3 Å². The van der Waals surface area contributed by atoms with Crippen LogP contribution in [-0.2, 0) is 10.5 Å². The zero-order valence-corrected chi connectivity index (χ0v) is 8.25. The van der Waals surface area contributed by atoms with Crippen LogP contribution in [0, 0.1) is 14.9 Å². The van der Waals surface area contributed by atoms with Crippen molar-refractivity contribution in [2.24, 2.45) is 0 Å². The summed E-state index contributed by atoms with van der Waals surface area (Å²) in [5, 5.41) is 10.5. The van der Waals surface area contributed by atoms with Gasteiger partial charge in [0.1, 0.15) is 0 Å². The summed E-state index contributed by atoms with van der Waals surface area (Å²) in [6.07, 6.45) is 0. The molecule has 0 atom stereocenters. The predicted octanol–water partition coefficient (Wildman–Crippen LogP) is 1.88. The second kappa shape index (κ2) is 6.06. The third-order valence-electron chi connectivity index (χ3n) is 1.02. The molecule has 8 heteroatoms. The number of non-ortho nitro benzene ring substituents is 1. The lowest BCUT2D eigenvalue weighted by Crippen LogP contribution is -1.85. The highest BCUT2D eigenvalue weighted by molar-refractivity contribution is 7.60. The molecule has 0 saturated carbocycles. The van der Waals surface area contributed by atoms with Crippen molar-refractivity contribution in [2.75, 3.05) is 0 Å². The summed E-state index contributed by atoms with van der Waals surface area (Å²) in [6.45, 7) is 0. The molecule has 0 saturated heterocycles. The van der Waals surface area contributed by atoms with Crippen LogP contribution >= 0.6 is 11.6 Å². The van der Waals surface area contributed by atoms with Crippen LogP contribution in [0.25, 0.3) is 0 Å². The first-order chi connectivity index (χ1) is 6.43. The first-order valence-corrected chi connectivity index (χ1v) is 4.59. The van der Waals surface area contributed by atoms with E-state index in [1.165, 1.54) is 12.1 Å². The Balaban J connectivity index is 0.000000364. The highest BCUT2D eigenvalue weighted by Crippen LogP contribution is 2.16. The zero-order chi connectivity index (χ0) is 11.1. The van der Waals surface area contributed by atoms with Crippen LogP contribution in [0.4, 0.5) is 5.69 Å². The van der Waals surface area contributed by atoms with Gasteiger partial charge in [0.2, 0.25) is 0 Å². The fraction of sp³-hybridized carbons (Fsp3) is 0. The average molecular weight is 237 g/mol. The molecule has 0 aromatic heterocycles. The molecule has 1 aromatic carbocycles. The third-order valence-corrected chi connectivity index (χ3v) is 1.25. The number of halogens is 1. The van der Waals surface area contributed by atoms with E-state index in [9.17, 15) is 10.1 Å². The molecule has 0 bridgehead atoms. The molecule has 0 aliphatic rings. The first-order valence-electron chi connectivity index (χ1n) is 3.14. The normalized spacial score (nSPS) is 8.36. The van der Waals surface area contributed by atoms with Gasteiger partial charge >= 0.3 is 10.5 Å². The van der Waals surface area contributed by atoms with E-state index in [1.54, 1.807) is 12.1 Å². The molecular formula is C6H5ClN2O4S. The van der Waals surface area contributed by atoms with Gasteiger partial charge in [0.05, 0.1) is 4.92 Å². The number of nitrogens with one attached hydrogen (secondary N) is 1. The molecule has 1 N–H and O–H groups in total. The van der Waals surface area contributed by atoms with E-state index in [1.807, 2.05) is 0 Å². The molecule has 0 fully saturated rings. The standard InChI is InChI=1S/C6H4ClNO2.HNO2S/c7-5-2-1-3-6(4-5)8(9)10;1-4(2)3/h1-4H;1H. The van der Waals surface area contributed by atoms with E-state index < -0.39 is 15.4 Å². The Bertz CT molecular complexity index is 423. The number of nitrogens with zero attached hydrogens (tertiary/aromatic N) is 1. The van der Waals surface area contributed by atoms with Crippen molar-refractivity contribution in [3.63, 3.8) is 0 Å². The van der Waals surface area contributed by atoms with Crippen molar-refractivity contribution in [3.8, 4) is 0 Å². The predicted molar refractivity (Wildman–Crippen MR) is 49.7 cm³/mol. The Morgan fingerprint density at radius 2 is 1.93 bits per heavy atom. The molecule has 0 unspecified atom stereocenters. The van der Waals surface area contributed by atoms with E-state index in [0.717, 1.165) is 0 Å². The molecular weight excluding hydrogens is 232 g/mol. The number of benzene rings is 1. The van der Waals surface area contributed by atoms with Gasteiger partial charge in [-0.15, -0.1) is 0 Å². The molecule has 76 valence electrons. The number of hydrogen-bond donors (Lipinski definition) is 1. The summed E-state index contributed by atoms with van der Waals surface area (Å²) in [5.74, 6) is 0. The Morgan fingerprint density at radius 3 is 2.21 bits per heavy atom. The Morgan fingerprint density at radius 1 is 1.43 bits per heavy atom. The minimum absolute atomic E-state index is 0.0208. The minimum atomic E-state index is -2.61. The molecule has 0 heterocycles. The number of nitro groups is 1. The Hall–Kier alpha value is -1.47. The molecule has 1 aromatic rings. The van der Waals surface area contributed by atoms with Gasteiger partial charge in [0.15, 0.2) is 0 Å². The molecule has 1 rings (SSSR count). The summed E-state index contributed by atoms with van der Waals surface area (Å²) >= 11 is 5.48. The first kappa shape index (κ1) is 12.5. The number of rotatable bonds is 1. The molecule has 0 aliphatic carbocycles. The van der Waals surface area contributed by atoms with Crippen LogP contribution in [0.1, 0.15) is 0 Å². The minimum Gasteiger partial charge on any atom is -0.258 e. The Labute approximate surface area is 85.8 Å². The van der Waals surface area contributed by atoms with Crippen LogP contribution in [0.2, 0.25) is 5.02 Å². The molecule has 6 nitrogen and oxygen atoms in total. The summed E-state index contributed by atoms with van der Waals surface area (Å²) in [6, 6.07) is 5.84. The molecule has 14 heavy (non-hydrogen) atoms. The van der Waals surface area contributed by atoms with Gasteiger partial charge < -0.3 is 0 Å². The van der Waals surface area contributed by atoms with Crippen LogP contribution in [0.15, 0.2) is 24.3 Å². The lowest BCUT2D eigenvalue weighted by molar-refractivity contribution is -0.384. The Kier molecular flexibility index (Phi) is 5.42. The van der Waals surface area contributed by atoms with Gasteiger partial charge in [0, 0.05) is 17.2 Å². The summed E-state index contributed by atoms with van der Waals surface area (Å²) in [4.78, 5) is 9.62. The van der Waals surface area contributed by atoms with Crippen molar-refractivity contribution in [1.82, 2.24) is 0 Å². The SMILES string of the molecule is N=S(=O)=O.O=[N+]([O-])c1cccc(Cl)c1. The van der Waals surface area contributed by atoms with Crippen molar-refractivity contribution >= 4 is 27.8 Å². The van der Waals surface area contributed by atoms with Gasteiger partial charge in [-0.05, 0) is 6.07 Å². The highest BCUT2D eigenvalue weighted by Gasteiger charge is 2.02. The lowest BCUT2D eigenvalue weighted by Gasteiger charge is -1.89. The van der Waals surface area contributed by atoms with E-state index in [0.29, 0.717) is 5.02 Å². The second-order valence-corrected chi connectivity index (χ2v) is 2.88. The fourth-order valence-corrected chi connectivity index (χ4v) is 0.774. The second-order valence-electron chi connectivity index (χ2n) is 1.97. The maximum absolute atomic E-state index is 10.1. The quantitative estimate of drug-likeness (QED) is 0.594. The van der Waals surface area contributed by atoms with Crippen LogP contribution in [0.5, 0.6) is 0 Å². The maximum atomic E-state index is 10.1. The number of nitro benzene ring substituents is 1. The largest absolute Gasteiger partial charge is 0.308 e. The van der Waals surface area contributed by atoms with Crippen molar-refractivity contribution in [3.05, 3.63) is 39.4 Å². The van der Waals surface area contributed by atoms with E-state index in [-0.39, 0.29) is 5.69 Å². The summed E-state index contributed by atoms with van der Waals surface area (Å²) in [7, 11) is -2.61. The van der Waals surface area contributed by atoms with Crippen molar-refractivity contribution in [2.45, 2.75) is 0 Å². The summed E-state index contributed by atoms with van der Waals surface area (Å²) in [5.41, 5.74) is 0.0208. The zero-order valence-electron chi connectivity index (χ0n) is 6.68. The van der Waals surface area contributed by atoms with Gasteiger partial charge in [0.25, 0.3) is 5.69 Å². The maximum Gasteiger partial charge on any atom is 0.308 e. The summed E-state index contributed by atoms with van der Waals surface area (Å²) < 4.78 is 22.8. The third kappa shape index (κ3) is 6.09. The molecule has 0 radical (unpaired) electrons.